The average molecular weight is 420 g/mol. The number of thioether (sulfide) groups is 1. The van der Waals surface area contributed by atoms with Gasteiger partial charge >= 0.3 is 0 Å². The lowest BCUT2D eigenvalue weighted by molar-refractivity contribution is -0.122. The molecule has 0 saturated carbocycles. The Balaban J connectivity index is 2.41. The minimum atomic E-state index is -0.465. The first-order valence-electron chi connectivity index (χ1n) is 5.31. The van der Waals surface area contributed by atoms with Crippen LogP contribution in [0, 0.1) is 15.9 Å². The molecule has 1 aliphatic heterocycles. The second-order valence-corrected chi connectivity index (χ2v) is 6.39. The number of carbonyl (C=O) groups is 2. The van der Waals surface area contributed by atoms with Gasteiger partial charge in [0.2, 0.25) is 0 Å². The summed E-state index contributed by atoms with van der Waals surface area (Å²) < 4.78 is 0.559. The maximum absolute atomic E-state index is 12.0. The number of carbonyl (C=O) groups excluding carboxylic acids is 2. The van der Waals surface area contributed by atoms with Gasteiger partial charge in [0.1, 0.15) is 5.75 Å². The molecule has 0 aliphatic carbocycles. The number of aromatic hydroxyl groups is 1. The lowest BCUT2D eigenvalue weighted by Gasteiger charge is -2.07. The van der Waals surface area contributed by atoms with Gasteiger partial charge in [0.25, 0.3) is 11.1 Å². The van der Waals surface area contributed by atoms with E-state index in [4.69, 9.17) is 18.0 Å². The summed E-state index contributed by atoms with van der Waals surface area (Å²) in [6.07, 6.45) is 6.55. The van der Waals surface area contributed by atoms with E-state index in [9.17, 15) is 14.7 Å². The van der Waals surface area contributed by atoms with E-state index in [0.29, 0.717) is 14.2 Å². The van der Waals surface area contributed by atoms with E-state index in [1.165, 1.54) is 12.1 Å². The van der Waals surface area contributed by atoms with Crippen LogP contribution in [0.15, 0.2) is 17.0 Å². The van der Waals surface area contributed by atoms with Crippen molar-refractivity contribution in [1.29, 1.82) is 0 Å². The maximum atomic E-state index is 12.0. The Labute approximate surface area is 138 Å². The van der Waals surface area contributed by atoms with E-state index in [1.54, 1.807) is 6.07 Å². The zero-order valence-electron chi connectivity index (χ0n) is 9.89. The van der Waals surface area contributed by atoms with Crippen LogP contribution in [0.1, 0.15) is 5.56 Å². The van der Waals surface area contributed by atoms with Gasteiger partial charge in [-0.3, -0.25) is 14.5 Å². The van der Waals surface area contributed by atoms with Crippen LogP contribution in [0.4, 0.5) is 4.79 Å². The number of imide groups is 1. The fraction of sp³-hybridized carbons (Fsp3) is 0.0769. The Kier molecular flexibility index (Phi) is 4.62. The van der Waals surface area contributed by atoms with Crippen LogP contribution < -0.4 is 0 Å². The molecule has 1 aromatic rings. The molecule has 1 fully saturated rings. The second kappa shape index (κ2) is 6.08. The van der Waals surface area contributed by atoms with Gasteiger partial charge in [-0.25, -0.2) is 0 Å². The van der Waals surface area contributed by atoms with Gasteiger partial charge in [0.15, 0.2) is 0 Å². The molecular weight excluding hydrogens is 413 g/mol. The first-order chi connectivity index (χ1) is 9.43. The highest BCUT2D eigenvalue weighted by Gasteiger charge is 2.34. The van der Waals surface area contributed by atoms with Crippen LogP contribution in [-0.2, 0) is 4.79 Å². The SMILES string of the molecule is C#CCN1C(=O)S/C(=C\c2cc(Cl)cc(I)c2O)C1=O. The fourth-order valence-corrected chi connectivity index (χ4v) is 3.45. The number of phenols is 1. The lowest BCUT2D eigenvalue weighted by atomic mass is 10.2. The van der Waals surface area contributed by atoms with Crippen molar-refractivity contribution in [3.8, 4) is 18.1 Å². The third-order valence-corrected chi connectivity index (χ3v) is 4.42. The monoisotopic (exact) mass is 419 g/mol. The van der Waals surface area contributed by atoms with E-state index in [2.05, 4.69) is 5.92 Å². The average Bonchev–Trinajstić information content (AvgIpc) is 2.63. The normalized spacial score (nSPS) is 16.9. The zero-order valence-corrected chi connectivity index (χ0v) is 13.6. The molecule has 20 heavy (non-hydrogen) atoms. The van der Waals surface area contributed by atoms with Gasteiger partial charge < -0.3 is 5.11 Å². The number of nitrogens with zero attached hydrogens (tertiary/aromatic N) is 1. The maximum Gasteiger partial charge on any atom is 0.294 e. The van der Waals surface area contributed by atoms with Gasteiger partial charge in [-0.1, -0.05) is 17.5 Å². The van der Waals surface area contributed by atoms with Crippen molar-refractivity contribution in [2.45, 2.75) is 0 Å². The molecule has 1 aliphatic rings. The summed E-state index contributed by atoms with van der Waals surface area (Å²) >= 11 is 8.62. The van der Waals surface area contributed by atoms with Crippen LogP contribution >= 0.6 is 46.0 Å². The van der Waals surface area contributed by atoms with Crippen molar-refractivity contribution in [1.82, 2.24) is 4.90 Å². The Morgan fingerprint density at radius 2 is 2.20 bits per heavy atom. The molecule has 1 heterocycles. The Hall–Kier alpha value is -1.17. The van der Waals surface area contributed by atoms with Crippen molar-refractivity contribution in [3.63, 3.8) is 0 Å². The summed E-state index contributed by atoms with van der Waals surface area (Å²) in [5.41, 5.74) is 0.383. The zero-order chi connectivity index (χ0) is 14.9. The fourth-order valence-electron chi connectivity index (χ4n) is 1.56. The highest BCUT2D eigenvalue weighted by molar-refractivity contribution is 14.1. The minimum Gasteiger partial charge on any atom is -0.506 e. The van der Waals surface area contributed by atoms with Crippen LogP contribution in [0.3, 0.4) is 0 Å². The standard InChI is InChI=1S/C13H7ClINO3S/c1-2-3-16-12(18)10(20-13(16)19)5-7-4-8(14)6-9(15)11(7)17/h1,4-6,17H,3H2/b10-5-. The second-order valence-electron chi connectivity index (χ2n) is 3.80. The number of amides is 2. The van der Waals surface area contributed by atoms with Crippen molar-refractivity contribution in [2.75, 3.05) is 6.54 Å². The van der Waals surface area contributed by atoms with Crippen molar-refractivity contribution < 1.29 is 14.7 Å². The number of terminal acetylenes is 1. The summed E-state index contributed by atoms with van der Waals surface area (Å²) in [6, 6.07) is 3.12. The van der Waals surface area contributed by atoms with Crippen LogP contribution in [-0.4, -0.2) is 27.7 Å². The lowest BCUT2D eigenvalue weighted by Crippen LogP contribution is -2.28. The third-order valence-electron chi connectivity index (χ3n) is 2.47. The molecule has 1 N–H and O–H groups in total. The molecule has 0 spiro atoms. The predicted molar refractivity (Wildman–Crippen MR) is 87.3 cm³/mol. The molecule has 7 heteroatoms. The topological polar surface area (TPSA) is 57.6 Å². The van der Waals surface area contributed by atoms with Gasteiger partial charge in [-0.2, -0.15) is 0 Å². The number of benzene rings is 1. The van der Waals surface area contributed by atoms with Gasteiger partial charge in [0, 0.05) is 10.6 Å². The first-order valence-corrected chi connectivity index (χ1v) is 7.58. The summed E-state index contributed by atoms with van der Waals surface area (Å²) in [6.45, 7) is -0.0684. The Morgan fingerprint density at radius 3 is 2.85 bits per heavy atom. The van der Waals surface area contributed by atoms with Gasteiger partial charge in [-0.15, -0.1) is 6.42 Å². The number of rotatable bonds is 2. The summed E-state index contributed by atoms with van der Waals surface area (Å²) in [7, 11) is 0. The quantitative estimate of drug-likeness (QED) is 0.454. The smallest absolute Gasteiger partial charge is 0.294 e. The van der Waals surface area contributed by atoms with E-state index < -0.39 is 11.1 Å². The molecular formula is C13H7ClINO3S. The molecule has 0 atom stereocenters. The van der Waals surface area contributed by atoms with Crippen LogP contribution in [0.2, 0.25) is 5.02 Å². The van der Waals surface area contributed by atoms with E-state index in [-0.39, 0.29) is 17.2 Å². The van der Waals surface area contributed by atoms with Crippen molar-refractivity contribution in [3.05, 3.63) is 31.2 Å². The summed E-state index contributed by atoms with van der Waals surface area (Å²) in [5.74, 6) is 1.80. The molecule has 0 radical (unpaired) electrons. The largest absolute Gasteiger partial charge is 0.506 e. The van der Waals surface area contributed by atoms with Gasteiger partial charge in [-0.05, 0) is 52.6 Å². The molecule has 0 bridgehead atoms. The molecule has 0 unspecified atom stereocenters. The summed E-state index contributed by atoms with van der Waals surface area (Å²) in [4.78, 5) is 24.8. The Morgan fingerprint density at radius 1 is 1.50 bits per heavy atom. The van der Waals surface area contributed by atoms with Gasteiger partial charge in [0.05, 0.1) is 15.0 Å². The number of hydrogen-bond donors (Lipinski definition) is 1. The summed E-state index contributed by atoms with van der Waals surface area (Å²) in [5, 5.41) is 9.95. The van der Waals surface area contributed by atoms with Crippen molar-refractivity contribution in [2.24, 2.45) is 0 Å². The highest BCUT2D eigenvalue weighted by Crippen LogP contribution is 2.35. The minimum absolute atomic E-state index is 0.0127. The van der Waals surface area contributed by atoms with Crippen LogP contribution in [0.5, 0.6) is 5.75 Å². The molecule has 0 aromatic heterocycles. The number of hydrogen-bond acceptors (Lipinski definition) is 4. The third kappa shape index (κ3) is 2.95. The van der Waals surface area contributed by atoms with E-state index in [0.717, 1.165) is 16.7 Å². The predicted octanol–water partition coefficient (Wildman–Crippen LogP) is 3.32. The Bertz CT molecular complexity index is 681. The van der Waals surface area contributed by atoms with E-state index >= 15 is 0 Å². The van der Waals surface area contributed by atoms with E-state index in [1.807, 2.05) is 22.6 Å². The number of halogens is 2. The highest BCUT2D eigenvalue weighted by atomic mass is 127. The molecule has 102 valence electrons. The molecule has 4 nitrogen and oxygen atoms in total. The molecule has 1 saturated heterocycles. The van der Waals surface area contributed by atoms with Crippen molar-refractivity contribution >= 4 is 63.2 Å². The molecule has 2 amide bonds. The molecule has 1 aromatic carbocycles. The molecule has 2 rings (SSSR count). The van der Waals surface area contributed by atoms with Crippen LogP contribution in [0.25, 0.3) is 6.08 Å². The first kappa shape index (κ1) is 15.2. The number of phenolic OH excluding ortho intramolecular Hbond substituents is 1.